The Bertz CT molecular complexity index is 1080. The van der Waals surface area contributed by atoms with Gasteiger partial charge in [0, 0.05) is 12.1 Å². The van der Waals surface area contributed by atoms with Crippen LogP contribution in [0.4, 0.5) is 0 Å². The molecule has 1 aliphatic rings. The van der Waals surface area contributed by atoms with E-state index in [9.17, 15) is 4.79 Å². The number of nitrogens with one attached hydrogen (secondary N) is 1. The number of nitrogens with zero attached hydrogens (tertiary/aromatic N) is 3. The summed E-state index contributed by atoms with van der Waals surface area (Å²) < 4.78 is 18.7. The molecule has 1 aromatic heterocycles. The Labute approximate surface area is 191 Å². The number of fused-ring (bicyclic) bond motifs is 1. The zero-order chi connectivity index (χ0) is 22.5. The van der Waals surface area contributed by atoms with E-state index < -0.39 is 0 Å². The molecule has 2 aromatic carbocycles. The molecule has 1 N–H and O–H groups in total. The van der Waals surface area contributed by atoms with Crippen molar-refractivity contribution in [1.82, 2.24) is 20.1 Å². The Kier molecular flexibility index (Phi) is 6.84. The molecule has 32 heavy (non-hydrogen) atoms. The van der Waals surface area contributed by atoms with E-state index in [-0.39, 0.29) is 17.7 Å². The highest BCUT2D eigenvalue weighted by molar-refractivity contribution is 7.99. The second-order valence-corrected chi connectivity index (χ2v) is 8.31. The first-order chi connectivity index (χ1) is 15.6. The van der Waals surface area contributed by atoms with Crippen LogP contribution in [0.1, 0.15) is 29.9 Å². The maximum atomic E-state index is 12.6. The normalized spacial score (nSPS) is 14.5. The van der Waals surface area contributed by atoms with Gasteiger partial charge in [-0.2, -0.15) is 0 Å². The van der Waals surface area contributed by atoms with E-state index in [2.05, 4.69) is 15.5 Å². The number of hydrogen-bond acceptors (Lipinski definition) is 7. The van der Waals surface area contributed by atoms with Crippen LogP contribution in [0.5, 0.6) is 17.2 Å². The number of carbonyl (C=O) groups excluding carboxylic acids is 1. The van der Waals surface area contributed by atoms with E-state index in [1.54, 1.807) is 7.11 Å². The van der Waals surface area contributed by atoms with Gasteiger partial charge in [0.15, 0.2) is 11.0 Å². The molecule has 9 heteroatoms. The van der Waals surface area contributed by atoms with Crippen molar-refractivity contribution in [3.05, 3.63) is 59.4 Å². The number of methoxy groups -OCH3 is 1. The van der Waals surface area contributed by atoms with Gasteiger partial charge in [0.2, 0.25) is 5.91 Å². The number of amides is 1. The predicted molar refractivity (Wildman–Crippen MR) is 121 cm³/mol. The molecule has 1 atom stereocenters. The number of carbonyl (C=O) groups is 1. The smallest absolute Gasteiger partial charge is 0.231 e. The minimum Gasteiger partial charge on any atom is -0.497 e. The van der Waals surface area contributed by atoms with Crippen LogP contribution in [0.3, 0.4) is 0 Å². The molecule has 0 saturated heterocycles. The van der Waals surface area contributed by atoms with E-state index in [0.29, 0.717) is 24.9 Å². The minimum absolute atomic E-state index is 0.0950. The van der Waals surface area contributed by atoms with E-state index in [1.807, 2.05) is 60.9 Å². The van der Waals surface area contributed by atoms with E-state index in [0.717, 1.165) is 28.6 Å². The standard InChI is InChI=1S/C23H26N4O4S/c1-4-27-21(13-30-16-7-5-15(2)6-8-16)25-26-23(27)32-14-22(28)24-19-12-31-20-10-9-17(29-3)11-18(19)20/h5-11,19H,4,12-14H2,1-3H3,(H,24,28)/t19-/m1/s1. The topological polar surface area (TPSA) is 87.5 Å². The van der Waals surface area contributed by atoms with Crippen molar-refractivity contribution in [3.63, 3.8) is 0 Å². The highest BCUT2D eigenvalue weighted by Crippen LogP contribution is 2.35. The molecule has 1 aliphatic heterocycles. The number of aryl methyl sites for hydroxylation is 1. The Morgan fingerprint density at radius 3 is 2.75 bits per heavy atom. The third-order valence-electron chi connectivity index (χ3n) is 5.16. The summed E-state index contributed by atoms with van der Waals surface area (Å²) in [7, 11) is 1.62. The summed E-state index contributed by atoms with van der Waals surface area (Å²) in [5.74, 6) is 3.15. The zero-order valence-electron chi connectivity index (χ0n) is 18.3. The van der Waals surface area contributed by atoms with Crippen LogP contribution in [0.25, 0.3) is 0 Å². The third-order valence-corrected chi connectivity index (χ3v) is 6.13. The zero-order valence-corrected chi connectivity index (χ0v) is 19.1. The van der Waals surface area contributed by atoms with Crippen molar-refractivity contribution in [2.75, 3.05) is 19.5 Å². The molecule has 3 aromatic rings. The third kappa shape index (κ3) is 4.99. The Balaban J connectivity index is 1.33. The second-order valence-electron chi connectivity index (χ2n) is 7.37. The summed E-state index contributed by atoms with van der Waals surface area (Å²) in [6.07, 6.45) is 0. The fourth-order valence-corrected chi connectivity index (χ4v) is 4.27. The van der Waals surface area contributed by atoms with Crippen LogP contribution in [0.2, 0.25) is 0 Å². The summed E-state index contributed by atoms with van der Waals surface area (Å²) >= 11 is 1.35. The lowest BCUT2D eigenvalue weighted by atomic mass is 10.1. The Hall–Kier alpha value is -3.20. The van der Waals surface area contributed by atoms with Crippen molar-refractivity contribution < 1.29 is 19.0 Å². The molecule has 0 aliphatic carbocycles. The van der Waals surface area contributed by atoms with Gasteiger partial charge in [0.1, 0.15) is 30.5 Å². The number of ether oxygens (including phenoxy) is 3. The van der Waals surface area contributed by atoms with Crippen molar-refractivity contribution in [3.8, 4) is 17.2 Å². The molecule has 0 radical (unpaired) electrons. The number of hydrogen-bond donors (Lipinski definition) is 1. The monoisotopic (exact) mass is 454 g/mol. The molecule has 0 spiro atoms. The Morgan fingerprint density at radius 1 is 1.22 bits per heavy atom. The van der Waals surface area contributed by atoms with Crippen molar-refractivity contribution in [1.29, 1.82) is 0 Å². The van der Waals surface area contributed by atoms with E-state index in [4.69, 9.17) is 14.2 Å². The fourth-order valence-electron chi connectivity index (χ4n) is 3.44. The minimum atomic E-state index is -0.198. The van der Waals surface area contributed by atoms with Gasteiger partial charge in [-0.3, -0.25) is 4.79 Å². The summed E-state index contributed by atoms with van der Waals surface area (Å²) in [4.78, 5) is 12.6. The van der Waals surface area contributed by atoms with Gasteiger partial charge in [0.25, 0.3) is 0 Å². The van der Waals surface area contributed by atoms with Crippen LogP contribution in [0, 0.1) is 6.92 Å². The molecule has 4 rings (SSSR count). The van der Waals surface area contributed by atoms with Gasteiger partial charge >= 0.3 is 0 Å². The van der Waals surface area contributed by atoms with Crippen LogP contribution in [-0.4, -0.2) is 40.1 Å². The summed E-state index contributed by atoms with van der Waals surface area (Å²) in [5, 5.41) is 12.2. The lowest BCUT2D eigenvalue weighted by Gasteiger charge is -2.12. The largest absolute Gasteiger partial charge is 0.497 e. The highest BCUT2D eigenvalue weighted by Gasteiger charge is 2.26. The lowest BCUT2D eigenvalue weighted by molar-refractivity contribution is -0.119. The maximum absolute atomic E-state index is 12.6. The molecular formula is C23H26N4O4S. The first kappa shape index (κ1) is 22.0. The van der Waals surface area contributed by atoms with Gasteiger partial charge in [-0.1, -0.05) is 29.5 Å². The van der Waals surface area contributed by atoms with Crippen LogP contribution < -0.4 is 19.5 Å². The van der Waals surface area contributed by atoms with Gasteiger partial charge in [-0.25, -0.2) is 0 Å². The number of benzene rings is 2. The summed E-state index contributed by atoms with van der Waals surface area (Å²) in [6, 6.07) is 13.3. The quantitative estimate of drug-likeness (QED) is 0.495. The molecule has 8 nitrogen and oxygen atoms in total. The van der Waals surface area contributed by atoms with Crippen molar-refractivity contribution in [2.24, 2.45) is 0 Å². The van der Waals surface area contributed by atoms with E-state index >= 15 is 0 Å². The number of thioether (sulfide) groups is 1. The molecule has 0 bridgehead atoms. The van der Waals surface area contributed by atoms with Crippen molar-refractivity contribution in [2.45, 2.75) is 38.2 Å². The maximum Gasteiger partial charge on any atom is 0.231 e. The molecular weight excluding hydrogens is 428 g/mol. The molecule has 0 unspecified atom stereocenters. The number of aromatic nitrogens is 3. The number of rotatable bonds is 9. The fraction of sp³-hybridized carbons (Fsp3) is 0.348. The lowest BCUT2D eigenvalue weighted by Crippen LogP contribution is -2.30. The molecule has 1 amide bonds. The van der Waals surface area contributed by atoms with Gasteiger partial charge in [-0.05, 0) is 44.2 Å². The molecule has 2 heterocycles. The summed E-state index contributed by atoms with van der Waals surface area (Å²) in [6.45, 7) is 5.46. The van der Waals surface area contributed by atoms with Gasteiger partial charge < -0.3 is 24.1 Å². The molecule has 0 saturated carbocycles. The van der Waals surface area contributed by atoms with Gasteiger partial charge in [-0.15, -0.1) is 10.2 Å². The molecule has 168 valence electrons. The van der Waals surface area contributed by atoms with E-state index in [1.165, 1.54) is 17.3 Å². The van der Waals surface area contributed by atoms with Crippen LogP contribution >= 0.6 is 11.8 Å². The average molecular weight is 455 g/mol. The van der Waals surface area contributed by atoms with Crippen LogP contribution in [-0.2, 0) is 17.9 Å². The first-order valence-corrected chi connectivity index (χ1v) is 11.4. The highest BCUT2D eigenvalue weighted by atomic mass is 32.2. The predicted octanol–water partition coefficient (Wildman–Crippen LogP) is 3.54. The Morgan fingerprint density at radius 2 is 2.00 bits per heavy atom. The average Bonchev–Trinajstić information content (AvgIpc) is 3.40. The summed E-state index contributed by atoms with van der Waals surface area (Å²) in [5.41, 5.74) is 2.10. The molecule has 0 fully saturated rings. The van der Waals surface area contributed by atoms with Gasteiger partial charge in [0.05, 0.1) is 18.9 Å². The second kappa shape index (κ2) is 9.95. The first-order valence-electron chi connectivity index (χ1n) is 10.4. The van der Waals surface area contributed by atoms with Crippen LogP contribution in [0.15, 0.2) is 47.6 Å². The van der Waals surface area contributed by atoms with Crippen molar-refractivity contribution >= 4 is 17.7 Å². The SMILES string of the molecule is CCn1c(COc2ccc(C)cc2)nnc1SCC(=O)N[C@@H]1COc2ccc(OC)cc21.